The van der Waals surface area contributed by atoms with E-state index in [2.05, 4.69) is 4.98 Å². The standard InChI is InChI=1S/C7H12F2N4O2S.ClH/c1-13-2-6(11-5-13)16(14,15)12-4-7(8,9)3-10;/h2,5,12H,3-4,10H2,1H3;1H. The van der Waals surface area contributed by atoms with Crippen molar-refractivity contribution in [1.29, 1.82) is 0 Å². The number of rotatable bonds is 5. The quantitative estimate of drug-likeness (QED) is 0.780. The van der Waals surface area contributed by atoms with E-state index in [4.69, 9.17) is 5.73 Å². The second kappa shape index (κ2) is 5.71. The van der Waals surface area contributed by atoms with Gasteiger partial charge >= 0.3 is 0 Å². The third kappa shape index (κ3) is 4.54. The topological polar surface area (TPSA) is 90.0 Å². The first-order valence-corrected chi connectivity index (χ1v) is 5.81. The van der Waals surface area contributed by atoms with Crippen molar-refractivity contribution in [2.24, 2.45) is 12.8 Å². The Labute approximate surface area is 104 Å². The highest BCUT2D eigenvalue weighted by atomic mass is 35.5. The zero-order chi connectivity index (χ0) is 12.4. The van der Waals surface area contributed by atoms with Crippen LogP contribution in [0.4, 0.5) is 8.78 Å². The maximum Gasteiger partial charge on any atom is 0.273 e. The second-order valence-corrected chi connectivity index (χ2v) is 4.98. The fourth-order valence-corrected chi connectivity index (χ4v) is 1.91. The van der Waals surface area contributed by atoms with Crippen molar-refractivity contribution in [2.45, 2.75) is 10.9 Å². The average Bonchev–Trinajstić information content (AvgIpc) is 2.63. The highest BCUT2D eigenvalue weighted by Gasteiger charge is 2.29. The van der Waals surface area contributed by atoms with E-state index >= 15 is 0 Å². The van der Waals surface area contributed by atoms with Crippen LogP contribution in [0.2, 0.25) is 0 Å². The van der Waals surface area contributed by atoms with Gasteiger partial charge in [0.2, 0.25) is 0 Å². The summed E-state index contributed by atoms with van der Waals surface area (Å²) < 4.78 is 51.5. The van der Waals surface area contributed by atoms with Crippen molar-refractivity contribution in [1.82, 2.24) is 14.3 Å². The number of hydrogen-bond acceptors (Lipinski definition) is 4. The predicted molar refractivity (Wildman–Crippen MR) is 59.6 cm³/mol. The summed E-state index contributed by atoms with van der Waals surface area (Å²) in [5, 5.41) is -0.303. The maximum absolute atomic E-state index is 12.7. The van der Waals surface area contributed by atoms with Gasteiger partial charge in [0, 0.05) is 13.2 Å². The van der Waals surface area contributed by atoms with E-state index in [1.165, 1.54) is 17.1 Å². The minimum Gasteiger partial charge on any atom is -0.339 e. The zero-order valence-corrected chi connectivity index (χ0v) is 10.6. The van der Waals surface area contributed by atoms with E-state index in [1.54, 1.807) is 11.8 Å². The van der Waals surface area contributed by atoms with Gasteiger partial charge in [-0.2, -0.15) is 0 Å². The summed E-state index contributed by atoms with van der Waals surface area (Å²) in [6.07, 6.45) is 2.47. The molecule has 1 aromatic heterocycles. The van der Waals surface area contributed by atoms with Gasteiger partial charge in [0.05, 0.1) is 19.4 Å². The summed E-state index contributed by atoms with van der Waals surface area (Å²) in [6.45, 7) is -1.96. The number of hydrogen-bond donors (Lipinski definition) is 2. The molecule has 10 heteroatoms. The molecule has 0 aliphatic heterocycles. The summed E-state index contributed by atoms with van der Waals surface area (Å²) in [6, 6.07) is 0. The van der Waals surface area contributed by atoms with Gasteiger partial charge < -0.3 is 10.3 Å². The lowest BCUT2D eigenvalue weighted by Gasteiger charge is -2.13. The van der Waals surface area contributed by atoms with Crippen LogP contribution < -0.4 is 10.5 Å². The molecule has 1 heterocycles. The number of aromatic nitrogens is 2. The van der Waals surface area contributed by atoms with Crippen molar-refractivity contribution in [3.63, 3.8) is 0 Å². The Bertz CT molecular complexity index is 462. The summed E-state index contributed by atoms with van der Waals surface area (Å²) in [7, 11) is -2.43. The van der Waals surface area contributed by atoms with E-state index in [1.807, 2.05) is 0 Å². The predicted octanol–water partition coefficient (Wildman–Crippen LogP) is -0.286. The van der Waals surface area contributed by atoms with Crippen LogP contribution in [0, 0.1) is 0 Å². The highest BCUT2D eigenvalue weighted by Crippen LogP contribution is 2.11. The molecular weight excluding hydrogens is 278 g/mol. The number of nitrogens with one attached hydrogen (secondary N) is 1. The third-order valence-electron chi connectivity index (χ3n) is 1.78. The average molecular weight is 291 g/mol. The molecule has 0 atom stereocenters. The molecule has 0 bridgehead atoms. The monoisotopic (exact) mass is 290 g/mol. The Kier molecular flexibility index (Phi) is 5.46. The van der Waals surface area contributed by atoms with Gasteiger partial charge in [0.1, 0.15) is 0 Å². The Hall–Kier alpha value is -0.770. The molecule has 1 rings (SSSR count). The van der Waals surface area contributed by atoms with E-state index in [0.29, 0.717) is 0 Å². The first-order chi connectivity index (χ1) is 7.27. The molecule has 6 nitrogen and oxygen atoms in total. The summed E-state index contributed by atoms with van der Waals surface area (Å²) in [5.41, 5.74) is 4.77. The molecule has 3 N–H and O–H groups in total. The summed E-state index contributed by atoms with van der Waals surface area (Å²) >= 11 is 0. The van der Waals surface area contributed by atoms with E-state index in [9.17, 15) is 17.2 Å². The largest absolute Gasteiger partial charge is 0.339 e. The molecular formula is C7H13ClF2N4O2S. The number of imidazole rings is 1. The van der Waals surface area contributed by atoms with Crippen LogP contribution in [0.25, 0.3) is 0 Å². The fourth-order valence-electron chi connectivity index (χ4n) is 0.874. The van der Waals surface area contributed by atoms with Crippen LogP contribution in [0.15, 0.2) is 17.6 Å². The normalized spacial score (nSPS) is 12.2. The molecule has 0 spiro atoms. The molecule has 100 valence electrons. The van der Waals surface area contributed by atoms with Gasteiger partial charge in [-0.05, 0) is 0 Å². The van der Waals surface area contributed by atoms with E-state index in [0.717, 1.165) is 0 Å². The first kappa shape index (κ1) is 16.2. The minimum atomic E-state index is -4.00. The second-order valence-electron chi connectivity index (χ2n) is 3.26. The number of halogens is 3. The Morgan fingerprint density at radius 3 is 2.59 bits per heavy atom. The molecule has 1 aromatic rings. The van der Waals surface area contributed by atoms with Crippen molar-refractivity contribution >= 4 is 22.4 Å². The Morgan fingerprint density at radius 1 is 1.59 bits per heavy atom. The van der Waals surface area contributed by atoms with Crippen molar-refractivity contribution in [3.8, 4) is 0 Å². The number of aryl methyl sites for hydroxylation is 1. The minimum absolute atomic E-state index is 0. The lowest BCUT2D eigenvalue weighted by Crippen LogP contribution is -2.41. The molecule has 0 radical (unpaired) electrons. The molecule has 0 fully saturated rings. The molecule has 0 aliphatic carbocycles. The van der Waals surface area contributed by atoms with Gasteiger partial charge in [-0.15, -0.1) is 12.4 Å². The molecule has 0 unspecified atom stereocenters. The van der Waals surface area contributed by atoms with Gasteiger partial charge in [-0.3, -0.25) is 0 Å². The fraction of sp³-hybridized carbons (Fsp3) is 0.571. The van der Waals surface area contributed by atoms with Crippen LogP contribution in [0.1, 0.15) is 0 Å². The Balaban J connectivity index is 0.00000256. The van der Waals surface area contributed by atoms with Crippen LogP contribution in [0.5, 0.6) is 0 Å². The molecule has 0 saturated heterocycles. The van der Waals surface area contributed by atoms with Crippen molar-refractivity contribution < 1.29 is 17.2 Å². The molecule has 0 saturated carbocycles. The lowest BCUT2D eigenvalue weighted by atomic mass is 10.3. The van der Waals surface area contributed by atoms with Crippen LogP contribution >= 0.6 is 12.4 Å². The van der Waals surface area contributed by atoms with Gasteiger partial charge in [-0.1, -0.05) is 0 Å². The molecule has 17 heavy (non-hydrogen) atoms. The maximum atomic E-state index is 12.7. The van der Waals surface area contributed by atoms with Gasteiger partial charge in [-0.25, -0.2) is 26.9 Å². The number of nitrogens with two attached hydrogens (primary N) is 1. The van der Waals surface area contributed by atoms with Crippen LogP contribution in [-0.2, 0) is 17.1 Å². The first-order valence-electron chi connectivity index (χ1n) is 4.32. The third-order valence-corrected chi connectivity index (χ3v) is 3.06. The van der Waals surface area contributed by atoms with Crippen molar-refractivity contribution in [3.05, 3.63) is 12.5 Å². The number of nitrogens with zero attached hydrogens (tertiary/aromatic N) is 2. The smallest absolute Gasteiger partial charge is 0.273 e. The lowest BCUT2D eigenvalue weighted by molar-refractivity contribution is 0.0170. The van der Waals surface area contributed by atoms with Crippen molar-refractivity contribution in [2.75, 3.05) is 13.1 Å². The van der Waals surface area contributed by atoms with Crippen LogP contribution in [-0.4, -0.2) is 37.0 Å². The van der Waals surface area contributed by atoms with E-state index in [-0.39, 0.29) is 17.4 Å². The van der Waals surface area contributed by atoms with Gasteiger partial charge in [0.15, 0.2) is 5.03 Å². The van der Waals surface area contributed by atoms with Crippen LogP contribution in [0.3, 0.4) is 0 Å². The SMILES string of the molecule is Cl.Cn1cnc(S(=O)(=O)NCC(F)(F)CN)c1. The molecule has 0 aliphatic rings. The summed E-state index contributed by atoms with van der Waals surface area (Å²) in [5.74, 6) is -3.26. The molecule has 0 amide bonds. The number of sulfonamides is 1. The molecule has 0 aromatic carbocycles. The summed E-state index contributed by atoms with van der Waals surface area (Å²) in [4.78, 5) is 3.55. The highest BCUT2D eigenvalue weighted by molar-refractivity contribution is 7.89. The zero-order valence-electron chi connectivity index (χ0n) is 8.93. The Morgan fingerprint density at radius 2 is 2.18 bits per heavy atom. The van der Waals surface area contributed by atoms with E-state index < -0.39 is 29.0 Å². The number of alkyl halides is 2. The van der Waals surface area contributed by atoms with Gasteiger partial charge in [0.25, 0.3) is 15.9 Å².